The van der Waals surface area contributed by atoms with Gasteiger partial charge in [0.1, 0.15) is 33.0 Å². The van der Waals surface area contributed by atoms with Crippen LogP contribution in [0.5, 0.6) is 5.75 Å². The number of rotatable bonds is 8. The topological polar surface area (TPSA) is 124 Å². The minimum Gasteiger partial charge on any atom is -0.496 e. The summed E-state index contributed by atoms with van der Waals surface area (Å²) in [4.78, 5) is 45.5. The van der Waals surface area contributed by atoms with Gasteiger partial charge in [-0.2, -0.15) is 10.2 Å². The van der Waals surface area contributed by atoms with Crippen molar-refractivity contribution in [1.29, 1.82) is 0 Å². The predicted molar refractivity (Wildman–Crippen MR) is 148 cm³/mol. The third-order valence-corrected chi connectivity index (χ3v) is 9.01. The van der Waals surface area contributed by atoms with Crippen molar-refractivity contribution in [2.75, 3.05) is 20.2 Å². The molecule has 1 fully saturated rings. The van der Waals surface area contributed by atoms with Crippen molar-refractivity contribution in [2.45, 2.75) is 58.2 Å². The van der Waals surface area contributed by atoms with Gasteiger partial charge in [0.15, 0.2) is 0 Å². The Hall–Kier alpha value is -3.84. The van der Waals surface area contributed by atoms with Crippen molar-refractivity contribution in [2.24, 2.45) is 0 Å². The molecule has 40 heavy (non-hydrogen) atoms. The molecule has 13 heteroatoms. The van der Waals surface area contributed by atoms with Gasteiger partial charge >= 0.3 is 5.69 Å². The smallest absolute Gasteiger partial charge is 0.333 e. The first kappa shape index (κ1) is 27.7. The van der Waals surface area contributed by atoms with Gasteiger partial charge in [-0.1, -0.05) is 18.3 Å². The first-order chi connectivity index (χ1) is 19.1. The summed E-state index contributed by atoms with van der Waals surface area (Å²) in [5.74, 6) is -0.629. The normalized spacial score (nSPS) is 15.9. The van der Waals surface area contributed by atoms with Gasteiger partial charge in [0.2, 0.25) is 5.91 Å². The highest BCUT2D eigenvalue weighted by Crippen LogP contribution is 2.33. The zero-order valence-electron chi connectivity index (χ0n) is 22.8. The maximum Gasteiger partial charge on any atom is 0.333 e. The van der Waals surface area contributed by atoms with E-state index in [1.165, 1.54) is 41.0 Å². The van der Waals surface area contributed by atoms with Gasteiger partial charge in [0, 0.05) is 24.2 Å². The maximum atomic E-state index is 14.2. The van der Waals surface area contributed by atoms with E-state index in [0.717, 1.165) is 34.8 Å². The maximum absolute atomic E-state index is 14.2. The van der Waals surface area contributed by atoms with Crippen LogP contribution in [0.25, 0.3) is 15.2 Å². The van der Waals surface area contributed by atoms with Crippen LogP contribution in [0.15, 0.2) is 40.2 Å². The molecule has 0 spiro atoms. The molecular weight excluding hydrogens is 539 g/mol. The van der Waals surface area contributed by atoms with E-state index in [4.69, 9.17) is 4.74 Å². The summed E-state index contributed by atoms with van der Waals surface area (Å²) in [6.07, 6.45) is 3.54. The summed E-state index contributed by atoms with van der Waals surface area (Å²) in [5.41, 5.74) is -2.13. The summed E-state index contributed by atoms with van der Waals surface area (Å²) >= 11 is 1.12. The van der Waals surface area contributed by atoms with E-state index in [0.29, 0.717) is 23.7 Å². The van der Waals surface area contributed by atoms with Crippen LogP contribution in [0.1, 0.15) is 50.3 Å². The number of likely N-dealkylation sites (tertiary alicyclic amines) is 1. The molecule has 1 aliphatic rings. The molecule has 0 saturated carbocycles. The largest absolute Gasteiger partial charge is 0.496 e. The zero-order chi connectivity index (χ0) is 28.8. The number of fused-ring (bicyclic) bond motifs is 1. The summed E-state index contributed by atoms with van der Waals surface area (Å²) in [7, 11) is 1.40. The number of nitrogens with zero attached hydrogens (tertiary/aromatic N) is 6. The zero-order valence-corrected chi connectivity index (χ0v) is 23.6. The van der Waals surface area contributed by atoms with Crippen molar-refractivity contribution in [3.63, 3.8) is 0 Å². The van der Waals surface area contributed by atoms with Crippen molar-refractivity contribution in [3.8, 4) is 10.8 Å². The highest BCUT2D eigenvalue weighted by atomic mass is 32.1. The number of hydrogen-bond donors (Lipinski definition) is 1. The Morgan fingerprint density at radius 2 is 1.90 bits per heavy atom. The Morgan fingerprint density at radius 1 is 1.23 bits per heavy atom. The van der Waals surface area contributed by atoms with Gasteiger partial charge in [0.05, 0.1) is 31.4 Å². The third kappa shape index (κ3) is 4.42. The molecule has 11 nitrogen and oxygen atoms in total. The van der Waals surface area contributed by atoms with E-state index < -0.39 is 28.7 Å². The molecule has 2 atom stereocenters. The molecule has 3 aromatic heterocycles. The van der Waals surface area contributed by atoms with E-state index in [9.17, 15) is 23.9 Å². The van der Waals surface area contributed by atoms with Crippen molar-refractivity contribution in [1.82, 2.24) is 29.0 Å². The van der Waals surface area contributed by atoms with Crippen molar-refractivity contribution >= 4 is 27.5 Å². The number of hydrogen-bond acceptors (Lipinski definition) is 8. The molecule has 4 aromatic rings. The van der Waals surface area contributed by atoms with Gasteiger partial charge in [-0.25, -0.2) is 13.8 Å². The molecule has 1 aliphatic heterocycles. The van der Waals surface area contributed by atoms with E-state index in [1.807, 2.05) is 0 Å². The standard InChI is InChI=1S/C27H31FN6O5S/c1-5-27(3,25(37)31-12-6-7-13-31)33-22(36)21-16(2)23(34-29-10-11-30-34)40-24(21)32(26(33)38)15-19(35)18-14-17(28)8-9-20(18)39-4/h8-11,14,19,35H,5-7,12-13,15H2,1-4H3/t19-,27-/m0/s1. The van der Waals surface area contributed by atoms with Crippen LogP contribution < -0.4 is 16.0 Å². The first-order valence-corrected chi connectivity index (χ1v) is 13.9. The fourth-order valence-electron chi connectivity index (χ4n) is 5.35. The van der Waals surface area contributed by atoms with E-state index in [-0.39, 0.29) is 40.4 Å². The van der Waals surface area contributed by atoms with Crippen LogP contribution in [0.2, 0.25) is 0 Å². The number of thiophene rings is 1. The first-order valence-electron chi connectivity index (χ1n) is 13.1. The number of methoxy groups -OCH3 is 1. The summed E-state index contributed by atoms with van der Waals surface area (Å²) in [6.45, 7) is 5.90. The van der Waals surface area contributed by atoms with Crippen LogP contribution in [0.4, 0.5) is 4.39 Å². The average Bonchev–Trinajstić information content (AvgIpc) is 3.72. The molecule has 1 saturated heterocycles. The number of aliphatic hydroxyl groups excluding tert-OH is 1. The predicted octanol–water partition coefficient (Wildman–Crippen LogP) is 2.74. The summed E-state index contributed by atoms with van der Waals surface area (Å²) in [5, 5.41) is 20.4. The van der Waals surface area contributed by atoms with Crippen LogP contribution in [-0.2, 0) is 16.9 Å². The summed E-state index contributed by atoms with van der Waals surface area (Å²) < 4.78 is 21.8. The highest BCUT2D eigenvalue weighted by Gasteiger charge is 2.41. The Kier molecular flexibility index (Phi) is 7.36. The molecule has 1 amide bonds. The van der Waals surface area contributed by atoms with Gasteiger partial charge in [-0.15, -0.1) is 4.80 Å². The van der Waals surface area contributed by atoms with Crippen molar-refractivity contribution < 1.29 is 19.0 Å². The number of halogens is 1. The highest BCUT2D eigenvalue weighted by molar-refractivity contribution is 7.21. The lowest BCUT2D eigenvalue weighted by Crippen LogP contribution is -2.57. The molecule has 1 N–H and O–H groups in total. The van der Waals surface area contributed by atoms with Gasteiger partial charge < -0.3 is 14.7 Å². The van der Waals surface area contributed by atoms with Crippen LogP contribution >= 0.6 is 11.3 Å². The fraction of sp³-hybridized carbons (Fsp3) is 0.444. The molecular formula is C27H31FN6O5S. The fourth-order valence-corrected chi connectivity index (χ4v) is 6.56. The van der Waals surface area contributed by atoms with Gasteiger partial charge in [0.25, 0.3) is 5.56 Å². The second-order valence-electron chi connectivity index (χ2n) is 10.1. The monoisotopic (exact) mass is 570 g/mol. The van der Waals surface area contributed by atoms with Gasteiger partial charge in [-0.05, 0) is 51.3 Å². The van der Waals surface area contributed by atoms with Crippen LogP contribution in [-0.4, -0.2) is 60.2 Å². The molecule has 4 heterocycles. The molecule has 0 aliphatic carbocycles. The number of carbonyl (C=O) groups is 1. The number of carbonyl (C=O) groups excluding carboxylic acids is 1. The number of ether oxygens (including phenoxy) is 1. The lowest BCUT2D eigenvalue weighted by Gasteiger charge is -2.33. The lowest BCUT2D eigenvalue weighted by atomic mass is 9.96. The van der Waals surface area contributed by atoms with E-state index >= 15 is 0 Å². The molecule has 0 unspecified atom stereocenters. The van der Waals surface area contributed by atoms with E-state index in [2.05, 4.69) is 10.2 Å². The number of amides is 1. The molecule has 0 radical (unpaired) electrons. The number of aromatic nitrogens is 5. The lowest BCUT2D eigenvalue weighted by molar-refractivity contribution is -0.139. The molecule has 1 aromatic carbocycles. The Bertz CT molecular complexity index is 1690. The van der Waals surface area contributed by atoms with E-state index in [1.54, 1.807) is 25.7 Å². The van der Waals surface area contributed by atoms with Crippen LogP contribution in [0, 0.1) is 12.7 Å². The molecule has 0 bridgehead atoms. The van der Waals surface area contributed by atoms with Gasteiger partial charge in [-0.3, -0.25) is 14.2 Å². The number of benzene rings is 1. The molecule has 5 rings (SSSR count). The number of aliphatic hydroxyl groups is 1. The van der Waals surface area contributed by atoms with Crippen LogP contribution in [0.3, 0.4) is 0 Å². The summed E-state index contributed by atoms with van der Waals surface area (Å²) in [6, 6.07) is 3.75. The number of aryl methyl sites for hydroxylation is 1. The Balaban J connectivity index is 1.77. The second-order valence-corrected chi connectivity index (χ2v) is 11.1. The second kappa shape index (κ2) is 10.6. The minimum absolute atomic E-state index is 0.147. The quantitative estimate of drug-likeness (QED) is 0.345. The van der Waals surface area contributed by atoms with Crippen molar-refractivity contribution in [3.05, 3.63) is 68.4 Å². The average molecular weight is 571 g/mol. The SMILES string of the molecule is CC[C@@](C)(C(=O)N1CCCC1)n1c(=O)c2c(C)c(-n3nccn3)sc2n(C[C@H](O)c2cc(F)ccc2OC)c1=O. The minimum atomic E-state index is -1.46. The Labute approximate surface area is 233 Å². The molecule has 212 valence electrons. The Morgan fingerprint density at radius 3 is 2.52 bits per heavy atom. The third-order valence-electron chi connectivity index (χ3n) is 7.73.